The molecule has 1 aromatic rings. The molecule has 0 N–H and O–H groups in total. The van der Waals surface area contributed by atoms with Gasteiger partial charge in [-0.2, -0.15) is 0 Å². The normalized spacial score (nSPS) is 10.7. The lowest BCUT2D eigenvalue weighted by Gasteiger charge is -2.25. The first-order chi connectivity index (χ1) is 8.62. The molecule has 0 spiro atoms. The summed E-state index contributed by atoms with van der Waals surface area (Å²) in [6.45, 7) is 11.3. The lowest BCUT2D eigenvalue weighted by molar-refractivity contribution is -0.119. The number of aryl methyl sites for hydroxylation is 1. The van der Waals surface area contributed by atoms with Crippen LogP contribution in [0.25, 0.3) is 0 Å². The molecule has 0 fully saturated rings. The summed E-state index contributed by atoms with van der Waals surface area (Å²) in [6, 6.07) is 8.10. The molecule has 0 radical (unpaired) electrons. The largest absolute Gasteiger partial charge is 0.312 e. The zero-order valence-electron chi connectivity index (χ0n) is 11.9. The molecule has 0 saturated carbocycles. The molecule has 0 saturated heterocycles. The van der Waals surface area contributed by atoms with E-state index in [0.717, 1.165) is 18.8 Å². The molecular formula is C15H24N2O. The van der Waals surface area contributed by atoms with Gasteiger partial charge in [-0.15, -0.1) is 0 Å². The minimum absolute atomic E-state index is 0.173. The Hall–Kier alpha value is -1.35. The van der Waals surface area contributed by atoms with Crippen molar-refractivity contribution >= 4 is 11.6 Å². The van der Waals surface area contributed by atoms with E-state index < -0.39 is 0 Å². The summed E-state index contributed by atoms with van der Waals surface area (Å²) in [5.41, 5.74) is 2.18. The molecule has 1 amide bonds. The van der Waals surface area contributed by atoms with Crippen LogP contribution in [0.1, 0.15) is 26.3 Å². The summed E-state index contributed by atoms with van der Waals surface area (Å²) in [6.07, 6.45) is 0. The van der Waals surface area contributed by atoms with Crippen molar-refractivity contribution in [2.24, 2.45) is 0 Å². The first-order valence-electron chi connectivity index (χ1n) is 6.71. The quantitative estimate of drug-likeness (QED) is 0.773. The summed E-state index contributed by atoms with van der Waals surface area (Å²) in [5.74, 6) is 0.173. The highest BCUT2D eigenvalue weighted by Crippen LogP contribution is 2.16. The van der Waals surface area contributed by atoms with Crippen LogP contribution in [0.2, 0.25) is 0 Å². The van der Waals surface area contributed by atoms with Crippen molar-refractivity contribution in [2.75, 3.05) is 31.1 Å². The number of carbonyl (C=O) groups is 1. The van der Waals surface area contributed by atoms with Crippen molar-refractivity contribution in [1.29, 1.82) is 0 Å². The van der Waals surface area contributed by atoms with E-state index in [1.54, 1.807) is 0 Å². The molecule has 0 heterocycles. The van der Waals surface area contributed by atoms with Gasteiger partial charge < -0.3 is 4.90 Å². The average Bonchev–Trinajstić information content (AvgIpc) is 2.37. The van der Waals surface area contributed by atoms with Crippen molar-refractivity contribution in [3.05, 3.63) is 29.8 Å². The molecule has 0 aromatic heterocycles. The number of hydrogen-bond acceptors (Lipinski definition) is 2. The maximum atomic E-state index is 12.3. The van der Waals surface area contributed by atoms with E-state index in [-0.39, 0.29) is 5.91 Å². The summed E-state index contributed by atoms with van der Waals surface area (Å²) < 4.78 is 0. The summed E-state index contributed by atoms with van der Waals surface area (Å²) in [4.78, 5) is 16.3. The van der Waals surface area contributed by atoms with E-state index in [1.807, 2.05) is 36.9 Å². The zero-order chi connectivity index (χ0) is 13.5. The second kappa shape index (κ2) is 7.17. The van der Waals surface area contributed by atoms with E-state index in [1.165, 1.54) is 5.56 Å². The van der Waals surface area contributed by atoms with Crippen LogP contribution in [-0.2, 0) is 4.79 Å². The number of carbonyl (C=O) groups excluding carboxylic acids is 1. The smallest absolute Gasteiger partial charge is 0.241 e. The molecule has 18 heavy (non-hydrogen) atoms. The van der Waals surface area contributed by atoms with Crippen molar-refractivity contribution in [3.63, 3.8) is 0 Å². The van der Waals surface area contributed by atoms with Crippen LogP contribution in [0, 0.1) is 6.92 Å². The van der Waals surface area contributed by atoms with E-state index in [9.17, 15) is 4.79 Å². The number of hydrogen-bond donors (Lipinski definition) is 0. The van der Waals surface area contributed by atoms with Crippen LogP contribution in [0.15, 0.2) is 24.3 Å². The highest BCUT2D eigenvalue weighted by Gasteiger charge is 2.16. The molecule has 0 bridgehead atoms. The molecule has 0 aliphatic carbocycles. The lowest BCUT2D eigenvalue weighted by Crippen LogP contribution is -2.40. The van der Waals surface area contributed by atoms with Crippen LogP contribution in [0.3, 0.4) is 0 Å². The topological polar surface area (TPSA) is 23.6 Å². The Morgan fingerprint density at radius 3 is 2.28 bits per heavy atom. The maximum Gasteiger partial charge on any atom is 0.241 e. The van der Waals surface area contributed by atoms with Gasteiger partial charge in [0.2, 0.25) is 5.91 Å². The van der Waals surface area contributed by atoms with Crippen LogP contribution >= 0.6 is 0 Å². The molecule has 0 aliphatic rings. The first-order valence-corrected chi connectivity index (χ1v) is 6.71. The number of rotatable bonds is 6. The fourth-order valence-corrected chi connectivity index (χ4v) is 2.02. The Balaban J connectivity index is 2.80. The number of benzene rings is 1. The fourth-order valence-electron chi connectivity index (χ4n) is 2.02. The third kappa shape index (κ3) is 3.84. The monoisotopic (exact) mass is 248 g/mol. The number of nitrogens with zero attached hydrogens (tertiary/aromatic N) is 2. The minimum Gasteiger partial charge on any atom is -0.312 e. The van der Waals surface area contributed by atoms with Gasteiger partial charge in [0.05, 0.1) is 6.54 Å². The first kappa shape index (κ1) is 14.7. The Morgan fingerprint density at radius 2 is 1.78 bits per heavy atom. The summed E-state index contributed by atoms with van der Waals surface area (Å²) in [5, 5.41) is 0. The predicted octanol–water partition coefficient (Wildman–Crippen LogP) is 2.69. The molecular weight excluding hydrogens is 224 g/mol. The molecule has 1 rings (SSSR count). The number of anilines is 1. The van der Waals surface area contributed by atoms with Crippen molar-refractivity contribution < 1.29 is 4.79 Å². The van der Waals surface area contributed by atoms with E-state index >= 15 is 0 Å². The van der Waals surface area contributed by atoms with E-state index in [0.29, 0.717) is 13.1 Å². The highest BCUT2D eigenvalue weighted by atomic mass is 16.2. The maximum absolute atomic E-state index is 12.3. The van der Waals surface area contributed by atoms with E-state index in [2.05, 4.69) is 24.8 Å². The third-order valence-electron chi connectivity index (χ3n) is 3.18. The summed E-state index contributed by atoms with van der Waals surface area (Å²) in [7, 11) is 0. The molecule has 100 valence electrons. The Bertz CT molecular complexity index is 386. The molecule has 0 atom stereocenters. The van der Waals surface area contributed by atoms with Gasteiger partial charge in [-0.3, -0.25) is 9.69 Å². The Morgan fingerprint density at radius 1 is 1.11 bits per heavy atom. The van der Waals surface area contributed by atoms with Crippen molar-refractivity contribution in [3.8, 4) is 0 Å². The van der Waals surface area contributed by atoms with Crippen LogP contribution in [-0.4, -0.2) is 37.0 Å². The van der Waals surface area contributed by atoms with Gasteiger partial charge >= 0.3 is 0 Å². The van der Waals surface area contributed by atoms with Gasteiger partial charge in [-0.05, 0) is 44.6 Å². The summed E-state index contributed by atoms with van der Waals surface area (Å²) >= 11 is 0. The molecule has 3 nitrogen and oxygen atoms in total. The van der Waals surface area contributed by atoms with Gasteiger partial charge in [0.25, 0.3) is 0 Å². The lowest BCUT2D eigenvalue weighted by atomic mass is 10.2. The highest BCUT2D eigenvalue weighted by molar-refractivity contribution is 5.94. The van der Waals surface area contributed by atoms with Crippen LogP contribution < -0.4 is 4.90 Å². The van der Waals surface area contributed by atoms with Crippen molar-refractivity contribution in [2.45, 2.75) is 27.7 Å². The zero-order valence-corrected chi connectivity index (χ0v) is 11.9. The van der Waals surface area contributed by atoms with Crippen molar-refractivity contribution in [1.82, 2.24) is 4.90 Å². The molecule has 1 aromatic carbocycles. The van der Waals surface area contributed by atoms with E-state index in [4.69, 9.17) is 0 Å². The van der Waals surface area contributed by atoms with Gasteiger partial charge in [0.15, 0.2) is 0 Å². The Labute approximate surface area is 110 Å². The van der Waals surface area contributed by atoms with Gasteiger partial charge in [0, 0.05) is 12.2 Å². The fraction of sp³-hybridized carbons (Fsp3) is 0.533. The minimum atomic E-state index is 0.173. The molecule has 0 aliphatic heterocycles. The van der Waals surface area contributed by atoms with Gasteiger partial charge in [-0.1, -0.05) is 26.0 Å². The standard InChI is InChI=1S/C15H24N2O/c1-5-16(6-2)12-15(18)17(7-3)14-10-8-9-13(4)11-14/h8-11H,5-7,12H2,1-4H3. The number of amides is 1. The average molecular weight is 248 g/mol. The van der Waals surface area contributed by atoms with Crippen LogP contribution in [0.5, 0.6) is 0 Å². The SMILES string of the molecule is CCN(CC)CC(=O)N(CC)c1cccc(C)c1. The van der Waals surface area contributed by atoms with Gasteiger partial charge in [0.1, 0.15) is 0 Å². The van der Waals surface area contributed by atoms with Crippen LogP contribution in [0.4, 0.5) is 5.69 Å². The van der Waals surface area contributed by atoms with Gasteiger partial charge in [-0.25, -0.2) is 0 Å². The second-order valence-corrected chi connectivity index (χ2v) is 4.44. The molecule has 0 unspecified atom stereocenters. The predicted molar refractivity (Wildman–Crippen MR) is 77.0 cm³/mol. The molecule has 3 heteroatoms. The third-order valence-corrected chi connectivity index (χ3v) is 3.18. The number of likely N-dealkylation sites (N-methyl/N-ethyl adjacent to an activating group) is 2. The Kier molecular flexibility index (Phi) is 5.86. The second-order valence-electron chi connectivity index (χ2n) is 4.44.